The van der Waals surface area contributed by atoms with E-state index < -0.39 is 0 Å². The number of rotatable bonds is 7. The molecule has 0 aliphatic heterocycles. The van der Waals surface area contributed by atoms with Crippen molar-refractivity contribution in [3.05, 3.63) is 0 Å². The third-order valence-electron chi connectivity index (χ3n) is 11.5. The molecule has 4 rings (SSSR count). The van der Waals surface area contributed by atoms with Crippen molar-refractivity contribution in [2.24, 2.45) is 52.3 Å². The molecule has 31 heavy (non-hydrogen) atoms. The first-order valence-corrected chi connectivity index (χ1v) is 13.7. The van der Waals surface area contributed by atoms with Crippen molar-refractivity contribution in [1.82, 2.24) is 0 Å². The smallest absolute Gasteiger partial charge is 0.0605 e. The van der Waals surface area contributed by atoms with E-state index in [9.17, 15) is 10.2 Å². The van der Waals surface area contributed by atoms with Gasteiger partial charge in [-0.3, -0.25) is 0 Å². The van der Waals surface area contributed by atoms with Crippen LogP contribution in [0.3, 0.4) is 0 Å². The summed E-state index contributed by atoms with van der Waals surface area (Å²) in [4.78, 5) is 0. The highest BCUT2D eigenvalue weighted by molar-refractivity contribution is 5.13. The fraction of sp³-hybridized carbons (Fsp3) is 1.00. The van der Waals surface area contributed by atoms with Gasteiger partial charge in [0.05, 0.1) is 12.2 Å². The Morgan fingerprint density at radius 2 is 1.58 bits per heavy atom. The monoisotopic (exact) mass is 434 g/mol. The standard InChI is InChI=1S/C28H50O3/c1-5-20-24-17-19(30)12-14-28(24,4)23-13-15-27(3)21(18(2)9-7-6-8-16-29)10-11-22(27)25(23)26(20)31/h18-26,29-31H,5-17H2,1-4H3/t18-,19-,20-,21-,22?,23?,24?,25?,26-,27?,28?/m1/s1. The summed E-state index contributed by atoms with van der Waals surface area (Å²) < 4.78 is 0. The van der Waals surface area contributed by atoms with Gasteiger partial charge < -0.3 is 15.3 Å². The van der Waals surface area contributed by atoms with Gasteiger partial charge in [-0.05, 0) is 104 Å². The number of unbranched alkanes of at least 4 members (excludes halogenated alkanes) is 2. The lowest BCUT2D eigenvalue weighted by Gasteiger charge is -2.64. The van der Waals surface area contributed by atoms with Crippen molar-refractivity contribution in [3.8, 4) is 0 Å². The highest BCUT2D eigenvalue weighted by Crippen LogP contribution is 2.69. The SMILES string of the molecule is CC[C@@H]1C2C[C@H](O)CCC2(C)C2CCC3(C)C(CC[C@@H]3[C@H](C)CCCCCO)C2[C@@H]1O. The molecule has 4 fully saturated rings. The average Bonchev–Trinajstić information content (AvgIpc) is 3.10. The number of hydrogen-bond acceptors (Lipinski definition) is 3. The summed E-state index contributed by atoms with van der Waals surface area (Å²) >= 11 is 0. The minimum Gasteiger partial charge on any atom is -0.396 e. The van der Waals surface area contributed by atoms with Crippen molar-refractivity contribution in [3.63, 3.8) is 0 Å². The van der Waals surface area contributed by atoms with Gasteiger partial charge in [0.15, 0.2) is 0 Å². The van der Waals surface area contributed by atoms with Crippen LogP contribution in [0, 0.1) is 52.3 Å². The van der Waals surface area contributed by atoms with E-state index >= 15 is 0 Å². The van der Waals surface area contributed by atoms with E-state index in [-0.39, 0.29) is 12.2 Å². The zero-order chi connectivity index (χ0) is 22.4. The maximum Gasteiger partial charge on any atom is 0.0605 e. The molecule has 0 aromatic heterocycles. The highest BCUT2D eigenvalue weighted by atomic mass is 16.3. The molecule has 4 aliphatic rings. The Morgan fingerprint density at radius 1 is 0.871 bits per heavy atom. The lowest BCUT2D eigenvalue weighted by atomic mass is 9.41. The molecule has 0 radical (unpaired) electrons. The van der Waals surface area contributed by atoms with E-state index in [0.717, 1.165) is 50.4 Å². The molecule has 6 unspecified atom stereocenters. The van der Waals surface area contributed by atoms with Crippen molar-refractivity contribution in [1.29, 1.82) is 0 Å². The average molecular weight is 435 g/mol. The third kappa shape index (κ3) is 3.93. The van der Waals surface area contributed by atoms with E-state index in [1.54, 1.807) is 0 Å². The van der Waals surface area contributed by atoms with E-state index in [2.05, 4.69) is 27.7 Å². The van der Waals surface area contributed by atoms with Crippen molar-refractivity contribution in [2.45, 2.75) is 117 Å². The van der Waals surface area contributed by atoms with Crippen LogP contribution in [0.25, 0.3) is 0 Å². The molecule has 4 aliphatic carbocycles. The predicted molar refractivity (Wildman–Crippen MR) is 126 cm³/mol. The molecule has 180 valence electrons. The largest absolute Gasteiger partial charge is 0.396 e. The van der Waals surface area contributed by atoms with Crippen LogP contribution in [0.1, 0.15) is 105 Å². The third-order valence-corrected chi connectivity index (χ3v) is 11.5. The van der Waals surface area contributed by atoms with Gasteiger partial charge in [0.2, 0.25) is 0 Å². The highest BCUT2D eigenvalue weighted by Gasteiger charge is 2.64. The summed E-state index contributed by atoms with van der Waals surface area (Å²) in [6, 6.07) is 0. The maximum absolute atomic E-state index is 11.8. The Hall–Kier alpha value is -0.120. The molecular formula is C28H50O3. The Labute approximate surface area is 191 Å². The first-order valence-electron chi connectivity index (χ1n) is 13.7. The number of aliphatic hydroxyl groups excluding tert-OH is 3. The van der Waals surface area contributed by atoms with E-state index in [1.165, 1.54) is 38.5 Å². The van der Waals surface area contributed by atoms with Crippen LogP contribution in [0.4, 0.5) is 0 Å². The molecular weight excluding hydrogens is 384 g/mol. The fourth-order valence-electron chi connectivity index (χ4n) is 9.89. The molecule has 3 N–H and O–H groups in total. The normalized spacial score (nSPS) is 50.4. The zero-order valence-corrected chi connectivity index (χ0v) is 20.7. The van der Waals surface area contributed by atoms with Gasteiger partial charge in [0, 0.05) is 6.61 Å². The van der Waals surface area contributed by atoms with E-state index in [0.29, 0.717) is 47.0 Å². The minimum absolute atomic E-state index is 0.160. The molecule has 0 amide bonds. The summed E-state index contributed by atoms with van der Waals surface area (Å²) in [5.74, 6) is 4.17. The van der Waals surface area contributed by atoms with Gasteiger partial charge in [0.25, 0.3) is 0 Å². The van der Waals surface area contributed by atoms with Crippen LogP contribution in [-0.4, -0.2) is 34.1 Å². The molecule has 0 spiro atoms. The molecule has 0 aromatic carbocycles. The van der Waals surface area contributed by atoms with Crippen LogP contribution < -0.4 is 0 Å². The molecule has 3 heteroatoms. The summed E-state index contributed by atoms with van der Waals surface area (Å²) in [6.45, 7) is 10.2. The predicted octanol–water partition coefficient (Wildman–Crippen LogP) is 5.80. The number of fused-ring (bicyclic) bond motifs is 5. The minimum atomic E-state index is -0.179. The summed E-state index contributed by atoms with van der Waals surface area (Å²) in [5.41, 5.74) is 0.688. The maximum atomic E-state index is 11.8. The van der Waals surface area contributed by atoms with Gasteiger partial charge in [0.1, 0.15) is 0 Å². The molecule has 0 aromatic rings. The quantitative estimate of drug-likeness (QED) is 0.444. The number of hydrogen-bond donors (Lipinski definition) is 3. The Bertz CT molecular complexity index is 607. The second-order valence-electron chi connectivity index (χ2n) is 12.7. The van der Waals surface area contributed by atoms with Crippen molar-refractivity contribution in [2.75, 3.05) is 6.61 Å². The topological polar surface area (TPSA) is 60.7 Å². The van der Waals surface area contributed by atoms with Crippen molar-refractivity contribution >= 4 is 0 Å². The zero-order valence-electron chi connectivity index (χ0n) is 20.7. The van der Waals surface area contributed by atoms with Crippen LogP contribution in [0.5, 0.6) is 0 Å². The second-order valence-corrected chi connectivity index (χ2v) is 12.7. The molecule has 4 saturated carbocycles. The van der Waals surface area contributed by atoms with Gasteiger partial charge in [-0.15, -0.1) is 0 Å². The van der Waals surface area contributed by atoms with Gasteiger partial charge in [-0.2, -0.15) is 0 Å². The summed E-state index contributed by atoms with van der Waals surface area (Å²) in [7, 11) is 0. The van der Waals surface area contributed by atoms with Gasteiger partial charge in [-0.25, -0.2) is 0 Å². The van der Waals surface area contributed by atoms with Gasteiger partial charge >= 0.3 is 0 Å². The fourth-order valence-corrected chi connectivity index (χ4v) is 9.89. The van der Waals surface area contributed by atoms with Crippen LogP contribution in [0.15, 0.2) is 0 Å². The first-order chi connectivity index (χ1) is 14.8. The molecule has 11 atom stereocenters. The lowest BCUT2D eigenvalue weighted by Crippen LogP contribution is -2.62. The molecule has 0 bridgehead atoms. The molecule has 0 saturated heterocycles. The van der Waals surface area contributed by atoms with Crippen LogP contribution in [0.2, 0.25) is 0 Å². The second kappa shape index (κ2) is 9.26. The van der Waals surface area contributed by atoms with E-state index in [4.69, 9.17) is 5.11 Å². The number of aliphatic hydroxyl groups is 3. The molecule has 0 heterocycles. The Balaban J connectivity index is 1.55. The first kappa shape index (κ1) is 24.0. The van der Waals surface area contributed by atoms with E-state index in [1.807, 2.05) is 0 Å². The Morgan fingerprint density at radius 3 is 2.29 bits per heavy atom. The summed E-state index contributed by atoms with van der Waals surface area (Å²) in [6.07, 6.45) is 13.6. The van der Waals surface area contributed by atoms with Crippen LogP contribution in [-0.2, 0) is 0 Å². The van der Waals surface area contributed by atoms with Crippen LogP contribution >= 0.6 is 0 Å². The van der Waals surface area contributed by atoms with Crippen molar-refractivity contribution < 1.29 is 15.3 Å². The summed E-state index contributed by atoms with van der Waals surface area (Å²) in [5, 5.41) is 31.3. The Kier molecular flexibility index (Phi) is 7.17. The lowest BCUT2D eigenvalue weighted by molar-refractivity contribution is -0.203. The molecule has 3 nitrogen and oxygen atoms in total. The van der Waals surface area contributed by atoms with Gasteiger partial charge in [-0.1, -0.05) is 53.4 Å².